The van der Waals surface area contributed by atoms with Crippen LogP contribution < -0.4 is 15.2 Å². The van der Waals surface area contributed by atoms with Gasteiger partial charge in [-0.1, -0.05) is 42.5 Å². The van der Waals surface area contributed by atoms with Gasteiger partial charge in [0.1, 0.15) is 11.7 Å². The first kappa shape index (κ1) is 26.0. The number of hydrogen-bond acceptors (Lipinski definition) is 4. The normalized spacial score (nSPS) is 12.4. The molecular formula is C22H28F3N3O3. The number of ether oxygens (including phenoxy) is 1. The van der Waals surface area contributed by atoms with Gasteiger partial charge in [-0.25, -0.2) is 0 Å². The molecule has 2 heterocycles. The molecule has 31 heavy (non-hydrogen) atoms. The van der Waals surface area contributed by atoms with Crippen LogP contribution in [-0.4, -0.2) is 42.1 Å². The molecule has 0 bridgehead atoms. The van der Waals surface area contributed by atoms with E-state index in [0.29, 0.717) is 0 Å². The van der Waals surface area contributed by atoms with Gasteiger partial charge in [-0.05, 0) is 19.1 Å². The van der Waals surface area contributed by atoms with E-state index in [9.17, 15) is 13.2 Å². The number of hydrogen-bond donors (Lipinski definition) is 1. The third-order valence-corrected chi connectivity index (χ3v) is 4.13. The van der Waals surface area contributed by atoms with Crippen molar-refractivity contribution in [3.8, 4) is 5.75 Å². The number of carboxylic acid groups (broad SMARTS) is 1. The molecule has 1 saturated heterocycles. The number of quaternary nitrogens is 1. The maximum Gasteiger partial charge on any atom is 0.430 e. The summed E-state index contributed by atoms with van der Waals surface area (Å²) in [5, 5.41) is 16.5. The van der Waals surface area contributed by atoms with Crippen molar-refractivity contribution >= 4 is 16.9 Å². The molecule has 9 heteroatoms. The van der Waals surface area contributed by atoms with Crippen LogP contribution in [0.2, 0.25) is 0 Å². The van der Waals surface area contributed by atoms with Crippen molar-refractivity contribution in [2.75, 3.05) is 20.2 Å². The zero-order chi connectivity index (χ0) is 23.1. The zero-order valence-electron chi connectivity index (χ0n) is 17.6. The van der Waals surface area contributed by atoms with E-state index in [4.69, 9.17) is 14.6 Å². The van der Waals surface area contributed by atoms with Crippen molar-refractivity contribution in [2.24, 2.45) is 0 Å². The molecule has 170 valence electrons. The Balaban J connectivity index is 0.000000226. The number of carbonyl (C=O) groups excluding carboxylic acids is 1. The summed E-state index contributed by atoms with van der Waals surface area (Å²) in [6.07, 6.45) is -0.461. The molecule has 3 aromatic rings. The average Bonchev–Trinajstić information content (AvgIpc) is 3.48. The maximum atomic E-state index is 10.5. The van der Waals surface area contributed by atoms with Crippen LogP contribution in [0.4, 0.5) is 13.2 Å². The Morgan fingerprint density at radius 3 is 1.97 bits per heavy atom. The van der Waals surface area contributed by atoms with Crippen LogP contribution >= 0.6 is 0 Å². The molecule has 4 rings (SSSR count). The minimum atomic E-state index is -5.19. The lowest BCUT2D eigenvalue weighted by atomic mass is 10.2. The van der Waals surface area contributed by atoms with Gasteiger partial charge in [0, 0.05) is 19.4 Å². The highest BCUT2D eigenvalue weighted by Gasteiger charge is 2.28. The highest BCUT2D eigenvalue weighted by atomic mass is 19.4. The molecule has 6 nitrogen and oxygen atoms in total. The van der Waals surface area contributed by atoms with Crippen molar-refractivity contribution in [1.82, 2.24) is 9.78 Å². The number of aromatic nitrogens is 2. The number of aryl methyl sites for hydroxylation is 1. The van der Waals surface area contributed by atoms with Crippen molar-refractivity contribution in [3.63, 3.8) is 0 Å². The Morgan fingerprint density at radius 1 is 1.10 bits per heavy atom. The summed E-state index contributed by atoms with van der Waals surface area (Å²) < 4.78 is 38.7. The number of benzene rings is 2. The van der Waals surface area contributed by atoms with E-state index < -0.39 is 12.1 Å². The second-order valence-corrected chi connectivity index (χ2v) is 6.37. The van der Waals surface area contributed by atoms with Crippen molar-refractivity contribution in [3.05, 3.63) is 60.8 Å². The highest BCUT2D eigenvalue weighted by molar-refractivity contribution is 5.85. The summed E-state index contributed by atoms with van der Waals surface area (Å²) in [6.45, 7) is 5.71. The monoisotopic (exact) mass is 439 g/mol. The van der Waals surface area contributed by atoms with Gasteiger partial charge >= 0.3 is 6.18 Å². The van der Waals surface area contributed by atoms with E-state index in [1.807, 2.05) is 65.5 Å². The molecule has 1 fully saturated rings. The van der Waals surface area contributed by atoms with Crippen molar-refractivity contribution in [1.29, 1.82) is 0 Å². The van der Waals surface area contributed by atoms with Gasteiger partial charge in [0.2, 0.25) is 0 Å². The first-order chi connectivity index (χ1) is 14.8. The molecule has 0 unspecified atom stereocenters. The molecule has 2 N–H and O–H groups in total. The predicted octanol–water partition coefficient (Wildman–Crippen LogP) is 2.39. The van der Waals surface area contributed by atoms with Gasteiger partial charge in [0.15, 0.2) is 0 Å². The number of rotatable bonds is 2. The summed E-state index contributed by atoms with van der Waals surface area (Å²) in [5.74, 6) is -2.12. The van der Waals surface area contributed by atoms with E-state index in [1.165, 1.54) is 25.9 Å². The van der Waals surface area contributed by atoms with Crippen LogP contribution in [0.15, 0.2) is 60.8 Å². The lowest BCUT2D eigenvalue weighted by molar-refractivity contribution is -0.635. The Labute approximate surface area is 179 Å². The van der Waals surface area contributed by atoms with Gasteiger partial charge in [-0.3, -0.25) is 4.68 Å². The first-order valence-corrected chi connectivity index (χ1v) is 9.89. The summed E-state index contributed by atoms with van der Waals surface area (Å²) in [4.78, 5) is 8.78. The number of carbonyl (C=O) groups is 1. The molecule has 1 aliphatic rings. The van der Waals surface area contributed by atoms with Crippen LogP contribution in [0.25, 0.3) is 10.9 Å². The Bertz CT molecular complexity index is 846. The average molecular weight is 439 g/mol. The number of nitrogens with two attached hydrogens (primary N) is 1. The molecule has 1 aromatic heterocycles. The molecular weight excluding hydrogens is 411 g/mol. The molecule has 0 radical (unpaired) electrons. The second-order valence-electron chi connectivity index (χ2n) is 6.37. The van der Waals surface area contributed by atoms with Gasteiger partial charge < -0.3 is 20.0 Å². The van der Waals surface area contributed by atoms with E-state index in [-0.39, 0.29) is 0 Å². The topological polar surface area (TPSA) is 83.8 Å². The molecule has 0 spiro atoms. The maximum absolute atomic E-state index is 10.5. The van der Waals surface area contributed by atoms with Gasteiger partial charge in [0.25, 0.3) is 0 Å². The lowest BCUT2D eigenvalue weighted by Gasteiger charge is -2.03. The SMILES string of the molecule is C1CC[NH2+]C1.CCn1ncc2c(OC)cccc21.O=C([O-])C(F)(F)F.c1ccccc1. The molecule has 0 atom stereocenters. The second kappa shape index (κ2) is 14.0. The standard InChI is InChI=1S/C10H12N2O.C6H6.C4H9N.C2HF3O2/c1-3-12-9-5-4-6-10(13-2)8(9)7-11-12;1-2-4-6-5-3-1;1-2-4-5-3-1;3-2(4,5)1(6)7/h4-7H,3H2,1-2H3;1-6H;5H,1-4H2;(H,6,7). The minimum Gasteiger partial charge on any atom is -0.542 e. The van der Waals surface area contributed by atoms with Gasteiger partial charge in [0.05, 0.1) is 37.3 Å². The van der Waals surface area contributed by atoms with Crippen LogP contribution in [0.1, 0.15) is 19.8 Å². The van der Waals surface area contributed by atoms with Crippen LogP contribution in [0.3, 0.4) is 0 Å². The summed E-state index contributed by atoms with van der Waals surface area (Å²) in [5.41, 5.74) is 1.13. The van der Waals surface area contributed by atoms with Crippen LogP contribution in [0.5, 0.6) is 5.75 Å². The van der Waals surface area contributed by atoms with Crippen LogP contribution in [-0.2, 0) is 11.3 Å². The van der Waals surface area contributed by atoms with E-state index in [0.717, 1.165) is 23.2 Å². The number of fused-ring (bicyclic) bond motifs is 1. The van der Waals surface area contributed by atoms with Crippen LogP contribution in [0, 0.1) is 0 Å². The summed E-state index contributed by atoms with van der Waals surface area (Å²) in [7, 11) is 1.68. The summed E-state index contributed by atoms with van der Waals surface area (Å²) in [6, 6.07) is 18.0. The largest absolute Gasteiger partial charge is 0.542 e. The Hall–Kier alpha value is -3.07. The number of halogens is 3. The number of carboxylic acids is 1. The van der Waals surface area contributed by atoms with Gasteiger partial charge in [-0.15, -0.1) is 0 Å². The fraction of sp³-hybridized carbons (Fsp3) is 0.364. The highest BCUT2D eigenvalue weighted by Crippen LogP contribution is 2.24. The number of methoxy groups -OCH3 is 1. The molecule has 2 aromatic carbocycles. The van der Waals surface area contributed by atoms with E-state index in [2.05, 4.69) is 17.3 Å². The fourth-order valence-corrected chi connectivity index (χ4v) is 2.61. The third-order valence-electron chi connectivity index (χ3n) is 4.13. The predicted molar refractivity (Wildman–Crippen MR) is 110 cm³/mol. The molecule has 0 saturated carbocycles. The Morgan fingerprint density at radius 2 is 1.61 bits per heavy atom. The first-order valence-electron chi connectivity index (χ1n) is 9.89. The third kappa shape index (κ3) is 9.99. The number of aliphatic carboxylic acids is 1. The Kier molecular flexibility index (Phi) is 11.7. The van der Waals surface area contributed by atoms with E-state index >= 15 is 0 Å². The minimum absolute atomic E-state index is 0.886. The zero-order valence-corrected chi connectivity index (χ0v) is 17.6. The fourth-order valence-electron chi connectivity index (χ4n) is 2.61. The van der Waals surface area contributed by atoms with E-state index in [1.54, 1.807) is 7.11 Å². The molecule has 0 amide bonds. The van der Waals surface area contributed by atoms with Crippen molar-refractivity contribution < 1.29 is 33.1 Å². The lowest BCUT2D eigenvalue weighted by Crippen LogP contribution is -2.80. The quantitative estimate of drug-likeness (QED) is 0.665. The van der Waals surface area contributed by atoms with Crippen molar-refractivity contribution in [2.45, 2.75) is 32.5 Å². The molecule has 1 aliphatic heterocycles. The number of nitrogens with zero attached hydrogens (tertiary/aromatic N) is 2. The molecule has 0 aliphatic carbocycles. The number of alkyl halides is 3. The smallest absolute Gasteiger partial charge is 0.430 e. The van der Waals surface area contributed by atoms with Gasteiger partial charge in [-0.2, -0.15) is 18.3 Å². The summed E-state index contributed by atoms with van der Waals surface area (Å²) >= 11 is 0.